The van der Waals surface area contributed by atoms with Crippen molar-refractivity contribution in [1.29, 1.82) is 0 Å². The lowest BCUT2D eigenvalue weighted by molar-refractivity contribution is 0.509. The molecule has 0 aliphatic rings. The predicted octanol–water partition coefficient (Wildman–Crippen LogP) is 2.59. The molecule has 0 saturated carbocycles. The second-order valence-electron chi connectivity index (χ2n) is 2.95. The van der Waals surface area contributed by atoms with Crippen LogP contribution >= 0.6 is 11.6 Å². The maximum atomic E-state index is 13.0. The van der Waals surface area contributed by atoms with Gasteiger partial charge in [-0.05, 0) is 12.1 Å². The molecule has 1 aromatic heterocycles. The molecule has 3 nitrogen and oxygen atoms in total. The van der Waals surface area contributed by atoms with Gasteiger partial charge >= 0.3 is 0 Å². The van der Waals surface area contributed by atoms with Gasteiger partial charge in [-0.3, -0.25) is 5.10 Å². The van der Waals surface area contributed by atoms with Gasteiger partial charge in [0.05, 0.1) is 10.7 Å². The third-order valence-corrected chi connectivity index (χ3v) is 2.21. The molecule has 1 aromatic carbocycles. The highest BCUT2D eigenvalue weighted by Gasteiger charge is 2.11. The number of benzene rings is 1. The van der Waals surface area contributed by atoms with Crippen LogP contribution in [0.4, 0.5) is 14.6 Å². The van der Waals surface area contributed by atoms with E-state index in [4.69, 9.17) is 17.3 Å². The van der Waals surface area contributed by atoms with Crippen molar-refractivity contribution in [2.45, 2.75) is 0 Å². The van der Waals surface area contributed by atoms with Gasteiger partial charge in [-0.25, -0.2) is 8.78 Å². The lowest BCUT2D eigenvalue weighted by atomic mass is 10.1. The molecule has 0 spiro atoms. The van der Waals surface area contributed by atoms with Crippen LogP contribution in [-0.2, 0) is 0 Å². The Bertz CT molecular complexity index is 510. The van der Waals surface area contributed by atoms with E-state index in [9.17, 15) is 8.78 Å². The first-order valence-electron chi connectivity index (χ1n) is 4.03. The van der Waals surface area contributed by atoms with Crippen LogP contribution in [0.2, 0.25) is 5.02 Å². The molecule has 3 N–H and O–H groups in total. The number of rotatable bonds is 1. The molecule has 0 atom stereocenters. The van der Waals surface area contributed by atoms with Crippen LogP contribution in [0.25, 0.3) is 11.3 Å². The Labute approximate surface area is 88.9 Å². The van der Waals surface area contributed by atoms with Crippen LogP contribution in [0.1, 0.15) is 0 Å². The Morgan fingerprint density at radius 1 is 1.20 bits per heavy atom. The van der Waals surface area contributed by atoms with Crippen LogP contribution in [0.3, 0.4) is 0 Å². The number of halogens is 3. The molecule has 0 aliphatic carbocycles. The standard InChI is InChI=1S/C9H6ClF2N3/c10-5-2-7(12)6(11)1-4(5)8-3-9(13)15-14-8/h1-3H,(H3,13,14,15). The first-order valence-corrected chi connectivity index (χ1v) is 4.41. The van der Waals surface area contributed by atoms with Gasteiger partial charge in [-0.2, -0.15) is 5.10 Å². The molecular weight excluding hydrogens is 224 g/mol. The van der Waals surface area contributed by atoms with Gasteiger partial charge in [-0.15, -0.1) is 0 Å². The molecule has 6 heteroatoms. The molecule has 2 aromatic rings. The molecule has 0 aliphatic heterocycles. The quantitative estimate of drug-likeness (QED) is 0.739. The number of hydrogen-bond donors (Lipinski definition) is 2. The molecule has 0 unspecified atom stereocenters. The molecule has 0 amide bonds. The number of nitrogen functional groups attached to an aromatic ring is 1. The summed E-state index contributed by atoms with van der Waals surface area (Å²) in [6, 6.07) is 3.38. The highest BCUT2D eigenvalue weighted by atomic mass is 35.5. The minimum Gasteiger partial charge on any atom is -0.382 e. The Morgan fingerprint density at radius 3 is 2.47 bits per heavy atom. The summed E-state index contributed by atoms with van der Waals surface area (Å²) in [5, 5.41) is 6.32. The average Bonchev–Trinajstić information content (AvgIpc) is 2.58. The van der Waals surface area contributed by atoms with E-state index in [1.807, 2.05) is 0 Å². The normalized spacial score (nSPS) is 10.6. The first-order chi connectivity index (χ1) is 7.08. The van der Waals surface area contributed by atoms with Gasteiger partial charge in [0.2, 0.25) is 0 Å². The number of nitrogens with one attached hydrogen (secondary N) is 1. The summed E-state index contributed by atoms with van der Waals surface area (Å²) in [5.41, 5.74) is 6.14. The SMILES string of the molecule is Nc1cc(-c2cc(F)c(F)cc2Cl)[nH]n1. The lowest BCUT2D eigenvalue weighted by Gasteiger charge is -2.01. The molecule has 0 radical (unpaired) electrons. The van der Waals surface area contributed by atoms with Gasteiger partial charge in [0.1, 0.15) is 5.82 Å². The van der Waals surface area contributed by atoms with Crippen molar-refractivity contribution in [2.75, 3.05) is 5.73 Å². The fraction of sp³-hybridized carbons (Fsp3) is 0. The van der Waals surface area contributed by atoms with Gasteiger partial charge in [0.25, 0.3) is 0 Å². The third kappa shape index (κ3) is 1.78. The zero-order valence-corrected chi connectivity index (χ0v) is 8.15. The number of aromatic amines is 1. The second-order valence-corrected chi connectivity index (χ2v) is 3.36. The lowest BCUT2D eigenvalue weighted by Crippen LogP contribution is -1.87. The number of H-pyrrole nitrogens is 1. The molecular formula is C9H6ClF2N3. The van der Waals surface area contributed by atoms with E-state index >= 15 is 0 Å². The summed E-state index contributed by atoms with van der Waals surface area (Å²) in [7, 11) is 0. The topological polar surface area (TPSA) is 54.7 Å². The largest absolute Gasteiger partial charge is 0.382 e. The number of hydrogen-bond acceptors (Lipinski definition) is 2. The first kappa shape index (κ1) is 9.92. The Kier molecular flexibility index (Phi) is 2.32. The van der Waals surface area contributed by atoms with E-state index < -0.39 is 11.6 Å². The van der Waals surface area contributed by atoms with Crippen molar-refractivity contribution in [3.63, 3.8) is 0 Å². The summed E-state index contributed by atoms with van der Waals surface area (Å²) in [5.74, 6) is -1.70. The second kappa shape index (κ2) is 3.51. The maximum absolute atomic E-state index is 13.0. The van der Waals surface area contributed by atoms with E-state index in [0.29, 0.717) is 11.3 Å². The van der Waals surface area contributed by atoms with Gasteiger partial charge in [0, 0.05) is 11.6 Å². The average molecular weight is 230 g/mol. The minimum atomic E-state index is -0.990. The van der Waals surface area contributed by atoms with E-state index in [0.717, 1.165) is 12.1 Å². The molecule has 0 fully saturated rings. The fourth-order valence-corrected chi connectivity index (χ4v) is 1.46. The summed E-state index contributed by atoms with van der Waals surface area (Å²) < 4.78 is 25.7. The molecule has 0 saturated heterocycles. The monoisotopic (exact) mass is 229 g/mol. The Morgan fingerprint density at radius 2 is 1.87 bits per heavy atom. The van der Waals surface area contributed by atoms with Crippen molar-refractivity contribution >= 4 is 17.4 Å². The molecule has 15 heavy (non-hydrogen) atoms. The van der Waals surface area contributed by atoms with E-state index in [-0.39, 0.29) is 10.8 Å². The van der Waals surface area contributed by atoms with Gasteiger partial charge in [0.15, 0.2) is 11.6 Å². The maximum Gasteiger partial charge on any atom is 0.160 e. The molecule has 0 bridgehead atoms. The van der Waals surface area contributed by atoms with Crippen LogP contribution in [0.15, 0.2) is 18.2 Å². The van der Waals surface area contributed by atoms with Crippen molar-refractivity contribution < 1.29 is 8.78 Å². The Hall–Kier alpha value is -1.62. The van der Waals surface area contributed by atoms with Crippen LogP contribution in [-0.4, -0.2) is 10.2 Å². The zero-order chi connectivity index (χ0) is 11.0. The summed E-state index contributed by atoms with van der Waals surface area (Å²) in [4.78, 5) is 0. The van der Waals surface area contributed by atoms with Gasteiger partial charge in [-0.1, -0.05) is 11.6 Å². The Balaban J connectivity index is 2.58. The number of anilines is 1. The summed E-state index contributed by atoms with van der Waals surface area (Å²) >= 11 is 5.75. The van der Waals surface area contributed by atoms with Crippen LogP contribution in [0, 0.1) is 11.6 Å². The predicted molar refractivity (Wildman–Crippen MR) is 53.4 cm³/mol. The van der Waals surface area contributed by atoms with Crippen LogP contribution in [0.5, 0.6) is 0 Å². The number of nitrogens with two attached hydrogens (primary N) is 1. The van der Waals surface area contributed by atoms with Crippen LogP contribution < -0.4 is 5.73 Å². The van der Waals surface area contributed by atoms with Crippen molar-refractivity contribution in [3.8, 4) is 11.3 Å². The highest BCUT2D eigenvalue weighted by molar-refractivity contribution is 6.33. The summed E-state index contributed by atoms with van der Waals surface area (Å²) in [6.07, 6.45) is 0. The molecule has 2 rings (SSSR count). The van der Waals surface area contributed by atoms with Crippen molar-refractivity contribution in [1.82, 2.24) is 10.2 Å². The smallest absolute Gasteiger partial charge is 0.160 e. The van der Waals surface area contributed by atoms with Crippen molar-refractivity contribution in [2.24, 2.45) is 0 Å². The third-order valence-electron chi connectivity index (χ3n) is 1.90. The van der Waals surface area contributed by atoms with E-state index in [1.165, 1.54) is 6.07 Å². The fourth-order valence-electron chi connectivity index (χ4n) is 1.20. The van der Waals surface area contributed by atoms with Gasteiger partial charge < -0.3 is 5.73 Å². The molecule has 1 heterocycles. The van der Waals surface area contributed by atoms with Crippen molar-refractivity contribution in [3.05, 3.63) is 34.9 Å². The highest BCUT2D eigenvalue weighted by Crippen LogP contribution is 2.29. The minimum absolute atomic E-state index is 0.0950. The number of aromatic nitrogens is 2. The summed E-state index contributed by atoms with van der Waals surface area (Å²) in [6.45, 7) is 0. The zero-order valence-electron chi connectivity index (χ0n) is 7.39. The van der Waals surface area contributed by atoms with E-state index in [1.54, 1.807) is 0 Å². The molecule has 78 valence electrons. The van der Waals surface area contributed by atoms with E-state index in [2.05, 4.69) is 10.2 Å². The number of nitrogens with zero attached hydrogens (tertiary/aromatic N) is 1.